The molecule has 0 aliphatic heterocycles. The SMILES string of the molecule is Cc1nc2ncnn2c(C)c1CCC(=O)NCCSCc1ccccc1. The first kappa shape index (κ1) is 18.4. The minimum Gasteiger partial charge on any atom is -0.355 e. The largest absolute Gasteiger partial charge is 0.355 e. The zero-order valence-electron chi connectivity index (χ0n) is 15.1. The fraction of sp³-hybridized carbons (Fsp3) is 0.368. The van der Waals surface area contributed by atoms with Gasteiger partial charge in [0.25, 0.3) is 5.78 Å². The summed E-state index contributed by atoms with van der Waals surface area (Å²) in [6.07, 6.45) is 2.61. The topological polar surface area (TPSA) is 72.2 Å². The Morgan fingerprint density at radius 2 is 2.04 bits per heavy atom. The fourth-order valence-electron chi connectivity index (χ4n) is 2.87. The lowest BCUT2D eigenvalue weighted by atomic mass is 10.1. The Balaban J connectivity index is 1.42. The van der Waals surface area contributed by atoms with Crippen LogP contribution in [0.25, 0.3) is 5.78 Å². The van der Waals surface area contributed by atoms with E-state index in [1.807, 2.05) is 43.8 Å². The molecule has 0 atom stereocenters. The Bertz CT molecular complexity index is 878. The van der Waals surface area contributed by atoms with Crippen molar-refractivity contribution in [1.29, 1.82) is 0 Å². The maximum atomic E-state index is 12.1. The molecule has 1 aromatic carbocycles. The molecule has 0 unspecified atom stereocenters. The van der Waals surface area contributed by atoms with Crippen molar-refractivity contribution in [1.82, 2.24) is 24.9 Å². The van der Waals surface area contributed by atoms with E-state index in [2.05, 4.69) is 32.5 Å². The van der Waals surface area contributed by atoms with Crippen molar-refractivity contribution in [3.8, 4) is 0 Å². The Kier molecular flexibility index (Phi) is 6.22. The Labute approximate surface area is 157 Å². The molecule has 3 aromatic rings. The number of nitrogens with zero attached hydrogens (tertiary/aromatic N) is 4. The molecule has 0 bridgehead atoms. The maximum Gasteiger partial charge on any atom is 0.252 e. The van der Waals surface area contributed by atoms with Crippen LogP contribution < -0.4 is 5.32 Å². The van der Waals surface area contributed by atoms with Gasteiger partial charge in [0, 0.05) is 35.9 Å². The number of rotatable bonds is 8. The molecular formula is C19H23N5OS. The predicted molar refractivity (Wildman–Crippen MR) is 104 cm³/mol. The van der Waals surface area contributed by atoms with Gasteiger partial charge in [-0.15, -0.1) is 0 Å². The number of hydrogen-bond acceptors (Lipinski definition) is 5. The summed E-state index contributed by atoms with van der Waals surface area (Å²) in [5, 5.41) is 7.18. The van der Waals surface area contributed by atoms with Gasteiger partial charge in [0.05, 0.1) is 0 Å². The first-order chi connectivity index (χ1) is 12.6. The molecular weight excluding hydrogens is 346 g/mol. The Hall–Kier alpha value is -2.41. The molecule has 0 radical (unpaired) electrons. The lowest BCUT2D eigenvalue weighted by Crippen LogP contribution is -2.26. The summed E-state index contributed by atoms with van der Waals surface area (Å²) < 4.78 is 1.72. The van der Waals surface area contributed by atoms with Crippen LogP contribution >= 0.6 is 11.8 Å². The monoisotopic (exact) mass is 369 g/mol. The molecule has 136 valence electrons. The zero-order valence-corrected chi connectivity index (χ0v) is 15.9. The summed E-state index contributed by atoms with van der Waals surface area (Å²) in [5.74, 6) is 2.55. The second kappa shape index (κ2) is 8.80. The van der Waals surface area contributed by atoms with Crippen LogP contribution in [0.2, 0.25) is 0 Å². The summed E-state index contributed by atoms with van der Waals surface area (Å²) in [5.41, 5.74) is 4.29. The van der Waals surface area contributed by atoms with Gasteiger partial charge in [0.1, 0.15) is 6.33 Å². The molecule has 1 N–H and O–H groups in total. The van der Waals surface area contributed by atoms with E-state index in [0.717, 1.165) is 28.5 Å². The molecule has 0 fully saturated rings. The predicted octanol–water partition coefficient (Wildman–Crippen LogP) is 2.72. The third kappa shape index (κ3) is 4.60. The first-order valence-corrected chi connectivity index (χ1v) is 9.85. The lowest BCUT2D eigenvalue weighted by molar-refractivity contribution is -0.120. The van der Waals surface area contributed by atoms with Crippen LogP contribution in [0.15, 0.2) is 36.7 Å². The van der Waals surface area contributed by atoms with E-state index in [9.17, 15) is 4.79 Å². The number of benzene rings is 1. The van der Waals surface area contributed by atoms with Crippen molar-refractivity contribution < 1.29 is 4.79 Å². The third-order valence-electron chi connectivity index (χ3n) is 4.27. The number of nitrogens with one attached hydrogen (secondary N) is 1. The summed E-state index contributed by atoms with van der Waals surface area (Å²) in [7, 11) is 0. The second-order valence-corrected chi connectivity index (χ2v) is 7.23. The standard InChI is InChI=1S/C19H23N5OS/c1-14-17(15(2)24-19(23-14)21-13-22-24)8-9-18(25)20-10-11-26-12-16-6-4-3-5-7-16/h3-7,13H,8-12H2,1-2H3,(H,20,25). The van der Waals surface area contributed by atoms with Gasteiger partial charge in [-0.2, -0.15) is 21.8 Å². The van der Waals surface area contributed by atoms with Crippen LogP contribution in [0.4, 0.5) is 0 Å². The fourth-order valence-corrected chi connectivity index (χ4v) is 3.69. The highest BCUT2D eigenvalue weighted by Crippen LogP contribution is 2.15. The van der Waals surface area contributed by atoms with E-state index in [0.29, 0.717) is 25.2 Å². The summed E-state index contributed by atoms with van der Waals surface area (Å²) in [6.45, 7) is 4.63. The van der Waals surface area contributed by atoms with Crippen molar-refractivity contribution in [2.45, 2.75) is 32.4 Å². The average molecular weight is 369 g/mol. The van der Waals surface area contributed by atoms with Crippen molar-refractivity contribution >= 4 is 23.4 Å². The molecule has 0 spiro atoms. The van der Waals surface area contributed by atoms with Gasteiger partial charge in [-0.05, 0) is 31.4 Å². The van der Waals surface area contributed by atoms with Crippen LogP contribution in [-0.2, 0) is 17.0 Å². The van der Waals surface area contributed by atoms with Crippen LogP contribution in [-0.4, -0.2) is 37.8 Å². The molecule has 0 aliphatic carbocycles. The van der Waals surface area contributed by atoms with E-state index in [-0.39, 0.29) is 5.91 Å². The van der Waals surface area contributed by atoms with E-state index in [1.165, 1.54) is 11.9 Å². The van der Waals surface area contributed by atoms with E-state index in [4.69, 9.17) is 0 Å². The summed E-state index contributed by atoms with van der Waals surface area (Å²) >= 11 is 1.83. The number of aromatic nitrogens is 4. The molecule has 2 heterocycles. The Morgan fingerprint density at radius 1 is 1.23 bits per heavy atom. The third-order valence-corrected chi connectivity index (χ3v) is 5.30. The highest BCUT2D eigenvalue weighted by molar-refractivity contribution is 7.98. The molecule has 0 aliphatic rings. The van der Waals surface area contributed by atoms with Crippen molar-refractivity contribution in [3.05, 3.63) is 59.2 Å². The van der Waals surface area contributed by atoms with Gasteiger partial charge >= 0.3 is 0 Å². The minimum atomic E-state index is 0.0720. The van der Waals surface area contributed by atoms with Gasteiger partial charge in [-0.1, -0.05) is 30.3 Å². The number of aryl methyl sites for hydroxylation is 2. The number of fused-ring (bicyclic) bond motifs is 1. The quantitative estimate of drug-likeness (QED) is 0.618. The smallest absolute Gasteiger partial charge is 0.252 e. The van der Waals surface area contributed by atoms with E-state index < -0.39 is 0 Å². The van der Waals surface area contributed by atoms with Crippen molar-refractivity contribution in [2.75, 3.05) is 12.3 Å². The molecule has 26 heavy (non-hydrogen) atoms. The van der Waals surface area contributed by atoms with Crippen LogP contribution in [0.5, 0.6) is 0 Å². The number of hydrogen-bond donors (Lipinski definition) is 1. The summed E-state index contributed by atoms with van der Waals surface area (Å²) in [6, 6.07) is 10.4. The molecule has 2 aromatic heterocycles. The molecule has 1 amide bonds. The molecule has 0 saturated carbocycles. The van der Waals surface area contributed by atoms with Gasteiger partial charge in [-0.3, -0.25) is 4.79 Å². The Morgan fingerprint density at radius 3 is 2.85 bits per heavy atom. The van der Waals surface area contributed by atoms with Crippen molar-refractivity contribution in [2.24, 2.45) is 0 Å². The van der Waals surface area contributed by atoms with E-state index in [1.54, 1.807) is 4.52 Å². The van der Waals surface area contributed by atoms with E-state index >= 15 is 0 Å². The van der Waals surface area contributed by atoms with Crippen LogP contribution in [0.1, 0.15) is 28.9 Å². The molecule has 7 heteroatoms. The average Bonchev–Trinajstić information content (AvgIpc) is 3.10. The molecule has 0 saturated heterocycles. The normalized spacial score (nSPS) is 11.0. The highest BCUT2D eigenvalue weighted by Gasteiger charge is 2.12. The minimum absolute atomic E-state index is 0.0720. The van der Waals surface area contributed by atoms with Gasteiger partial charge in [0.15, 0.2) is 0 Å². The van der Waals surface area contributed by atoms with Gasteiger partial charge in [0.2, 0.25) is 5.91 Å². The maximum absolute atomic E-state index is 12.1. The van der Waals surface area contributed by atoms with Gasteiger partial charge in [-0.25, -0.2) is 9.50 Å². The lowest BCUT2D eigenvalue weighted by Gasteiger charge is -2.10. The number of amides is 1. The number of thioether (sulfide) groups is 1. The highest BCUT2D eigenvalue weighted by atomic mass is 32.2. The van der Waals surface area contributed by atoms with Gasteiger partial charge < -0.3 is 5.32 Å². The van der Waals surface area contributed by atoms with Crippen LogP contribution in [0, 0.1) is 13.8 Å². The van der Waals surface area contributed by atoms with Crippen LogP contribution in [0.3, 0.4) is 0 Å². The second-order valence-electron chi connectivity index (χ2n) is 6.12. The molecule has 3 rings (SSSR count). The molecule has 6 nitrogen and oxygen atoms in total. The van der Waals surface area contributed by atoms with Crippen molar-refractivity contribution in [3.63, 3.8) is 0 Å². The number of carbonyl (C=O) groups is 1. The summed E-state index contributed by atoms with van der Waals surface area (Å²) in [4.78, 5) is 20.7. The number of carbonyl (C=O) groups excluding carboxylic acids is 1. The first-order valence-electron chi connectivity index (χ1n) is 8.69. The zero-order chi connectivity index (χ0) is 18.4.